The maximum atomic E-state index is 9.33. The van der Waals surface area contributed by atoms with E-state index in [9.17, 15) is 5.26 Å². The van der Waals surface area contributed by atoms with Gasteiger partial charge in [-0.25, -0.2) is 0 Å². The van der Waals surface area contributed by atoms with Crippen molar-refractivity contribution in [3.05, 3.63) is 63.6 Å². The summed E-state index contributed by atoms with van der Waals surface area (Å²) in [6, 6.07) is 14.6. The van der Waals surface area contributed by atoms with Crippen LogP contribution in [0.2, 0.25) is 10.0 Å². The van der Waals surface area contributed by atoms with E-state index in [-0.39, 0.29) is 0 Å². The Bertz CT molecular complexity index is 612. The molecule has 0 aromatic heterocycles. The lowest BCUT2D eigenvalue weighted by molar-refractivity contribution is 0.997. The highest BCUT2D eigenvalue weighted by Crippen LogP contribution is 2.32. The van der Waals surface area contributed by atoms with Gasteiger partial charge in [0.2, 0.25) is 0 Å². The first-order valence-corrected chi connectivity index (χ1v) is 6.54. The molecule has 0 radical (unpaired) electrons. The Morgan fingerprint density at radius 1 is 1.11 bits per heavy atom. The molecular weight excluding hydrogens is 279 g/mol. The van der Waals surface area contributed by atoms with Crippen LogP contribution in [0.4, 0.5) is 5.69 Å². The summed E-state index contributed by atoms with van der Waals surface area (Å²) >= 11 is 12.2. The molecule has 0 aliphatic heterocycles. The summed E-state index contributed by atoms with van der Waals surface area (Å²) in [6.07, 6.45) is 0. The summed E-state index contributed by atoms with van der Waals surface area (Å²) in [5, 5.41) is 13.4. The average Bonchev–Trinajstić information content (AvgIpc) is 2.37. The van der Waals surface area contributed by atoms with Gasteiger partial charge in [-0.3, -0.25) is 0 Å². The Morgan fingerprint density at radius 3 is 2.32 bits per heavy atom. The van der Waals surface area contributed by atoms with Gasteiger partial charge in [-0.2, -0.15) is 5.26 Å². The van der Waals surface area contributed by atoms with E-state index in [1.165, 1.54) is 0 Å². The summed E-state index contributed by atoms with van der Waals surface area (Å²) in [7, 11) is 0. The maximum Gasteiger partial charge on any atom is 0.143 e. The lowest BCUT2D eigenvalue weighted by atomic mass is 10.1. The van der Waals surface area contributed by atoms with E-state index in [2.05, 4.69) is 11.4 Å². The van der Waals surface area contributed by atoms with Crippen molar-refractivity contribution in [2.45, 2.75) is 13.0 Å². The smallest absolute Gasteiger partial charge is 0.143 e. The number of nitrogens with zero attached hydrogens (tertiary/aromatic N) is 1. The number of aryl methyl sites for hydroxylation is 1. The molecule has 96 valence electrons. The van der Waals surface area contributed by atoms with Gasteiger partial charge in [0.05, 0.1) is 6.07 Å². The van der Waals surface area contributed by atoms with Crippen molar-refractivity contribution < 1.29 is 0 Å². The first-order chi connectivity index (χ1) is 9.11. The van der Waals surface area contributed by atoms with E-state index in [4.69, 9.17) is 23.2 Å². The molecule has 1 atom stereocenters. The first kappa shape index (κ1) is 13.7. The van der Waals surface area contributed by atoms with Crippen molar-refractivity contribution in [3.8, 4) is 6.07 Å². The Kier molecular flexibility index (Phi) is 4.31. The molecular formula is C15H12Cl2N2. The molecule has 0 fully saturated rings. The second-order valence-electron chi connectivity index (χ2n) is 4.21. The largest absolute Gasteiger partial charge is 0.366 e. The van der Waals surface area contributed by atoms with Crippen molar-refractivity contribution in [2.24, 2.45) is 0 Å². The van der Waals surface area contributed by atoms with Crippen LogP contribution in [0.25, 0.3) is 0 Å². The quantitative estimate of drug-likeness (QED) is 0.865. The van der Waals surface area contributed by atoms with Crippen LogP contribution in [0.3, 0.4) is 0 Å². The van der Waals surface area contributed by atoms with Crippen molar-refractivity contribution in [1.29, 1.82) is 5.26 Å². The Labute approximate surface area is 122 Å². The molecule has 0 aliphatic rings. The molecule has 19 heavy (non-hydrogen) atoms. The second-order valence-corrected chi connectivity index (χ2v) is 5.03. The minimum absolute atomic E-state index is 0.485. The van der Waals surface area contributed by atoms with E-state index in [1.54, 1.807) is 18.2 Å². The van der Waals surface area contributed by atoms with Crippen molar-refractivity contribution >= 4 is 28.9 Å². The number of benzene rings is 2. The molecule has 2 aromatic carbocycles. The number of halogens is 2. The fourth-order valence-corrected chi connectivity index (χ4v) is 2.47. The Morgan fingerprint density at radius 2 is 1.74 bits per heavy atom. The zero-order valence-corrected chi connectivity index (χ0v) is 11.8. The normalized spacial score (nSPS) is 11.7. The van der Waals surface area contributed by atoms with E-state index in [0.717, 1.165) is 11.3 Å². The van der Waals surface area contributed by atoms with Crippen LogP contribution in [0, 0.1) is 18.3 Å². The number of anilines is 1. The summed E-state index contributed by atoms with van der Waals surface area (Å²) in [6.45, 7) is 2.00. The third-order valence-corrected chi connectivity index (χ3v) is 3.41. The minimum Gasteiger partial charge on any atom is -0.366 e. The zero-order chi connectivity index (χ0) is 13.8. The van der Waals surface area contributed by atoms with Gasteiger partial charge in [0.1, 0.15) is 6.04 Å². The van der Waals surface area contributed by atoms with Gasteiger partial charge in [0.15, 0.2) is 0 Å². The van der Waals surface area contributed by atoms with Crippen molar-refractivity contribution in [3.63, 3.8) is 0 Å². The zero-order valence-electron chi connectivity index (χ0n) is 10.3. The van der Waals surface area contributed by atoms with Crippen LogP contribution in [0.15, 0.2) is 42.5 Å². The van der Waals surface area contributed by atoms with Crippen LogP contribution in [0.5, 0.6) is 0 Å². The van der Waals surface area contributed by atoms with Gasteiger partial charge in [-0.05, 0) is 36.8 Å². The molecule has 2 nitrogen and oxygen atoms in total. The molecule has 1 N–H and O–H groups in total. The minimum atomic E-state index is -0.581. The van der Waals surface area contributed by atoms with Crippen molar-refractivity contribution in [2.75, 3.05) is 5.32 Å². The summed E-state index contributed by atoms with van der Waals surface area (Å²) in [4.78, 5) is 0. The number of hydrogen-bond donors (Lipinski definition) is 1. The Balaban J connectivity index is 2.34. The van der Waals surface area contributed by atoms with Gasteiger partial charge in [0.25, 0.3) is 0 Å². The average molecular weight is 291 g/mol. The molecule has 0 heterocycles. The van der Waals surface area contributed by atoms with Gasteiger partial charge < -0.3 is 5.32 Å². The molecule has 0 spiro atoms. The molecule has 0 bridgehead atoms. The lowest BCUT2D eigenvalue weighted by Crippen LogP contribution is -2.09. The fraction of sp³-hybridized carbons (Fsp3) is 0.133. The van der Waals surface area contributed by atoms with Gasteiger partial charge in [0, 0.05) is 21.3 Å². The predicted molar refractivity (Wildman–Crippen MR) is 79.6 cm³/mol. The molecule has 0 saturated heterocycles. The van der Waals surface area contributed by atoms with Crippen molar-refractivity contribution in [1.82, 2.24) is 0 Å². The SMILES string of the molecule is Cc1cccc(NC(C#N)c2c(Cl)cccc2Cl)c1. The fourth-order valence-electron chi connectivity index (χ4n) is 1.86. The Hall–Kier alpha value is -1.69. The molecule has 0 amide bonds. The van der Waals surface area contributed by atoms with Crippen LogP contribution in [-0.2, 0) is 0 Å². The van der Waals surface area contributed by atoms with E-state index in [0.29, 0.717) is 15.6 Å². The third-order valence-electron chi connectivity index (χ3n) is 2.75. The van der Waals surface area contributed by atoms with Crippen LogP contribution in [0.1, 0.15) is 17.2 Å². The number of nitriles is 1. The van der Waals surface area contributed by atoms with Crippen LogP contribution >= 0.6 is 23.2 Å². The highest BCUT2D eigenvalue weighted by molar-refractivity contribution is 6.36. The molecule has 2 aromatic rings. The topological polar surface area (TPSA) is 35.8 Å². The molecule has 0 aliphatic carbocycles. The van der Waals surface area contributed by atoms with Gasteiger partial charge in [-0.15, -0.1) is 0 Å². The summed E-state index contributed by atoms with van der Waals surface area (Å²) in [5.41, 5.74) is 2.59. The third kappa shape index (κ3) is 3.20. The number of rotatable bonds is 3. The second kappa shape index (κ2) is 5.97. The standard InChI is InChI=1S/C15H12Cl2N2/c1-10-4-2-5-11(8-10)19-14(9-18)15-12(16)6-3-7-13(15)17/h2-8,14,19H,1H3. The number of nitrogens with one attached hydrogen (secondary N) is 1. The first-order valence-electron chi connectivity index (χ1n) is 5.78. The van der Waals surface area contributed by atoms with E-state index >= 15 is 0 Å². The van der Waals surface area contributed by atoms with Crippen LogP contribution in [-0.4, -0.2) is 0 Å². The van der Waals surface area contributed by atoms with Crippen LogP contribution < -0.4 is 5.32 Å². The maximum absolute atomic E-state index is 9.33. The highest BCUT2D eigenvalue weighted by Gasteiger charge is 2.17. The molecule has 2 rings (SSSR count). The molecule has 1 unspecified atom stereocenters. The lowest BCUT2D eigenvalue weighted by Gasteiger charge is -2.16. The monoisotopic (exact) mass is 290 g/mol. The van der Waals surface area contributed by atoms with Gasteiger partial charge in [-0.1, -0.05) is 41.4 Å². The predicted octanol–water partition coefficient (Wildman–Crippen LogP) is 4.98. The summed E-state index contributed by atoms with van der Waals surface area (Å²) < 4.78 is 0. The van der Waals surface area contributed by atoms with E-state index < -0.39 is 6.04 Å². The summed E-state index contributed by atoms with van der Waals surface area (Å²) in [5.74, 6) is 0. The van der Waals surface area contributed by atoms with Gasteiger partial charge >= 0.3 is 0 Å². The highest BCUT2D eigenvalue weighted by atomic mass is 35.5. The molecule has 0 saturated carbocycles. The molecule has 4 heteroatoms. The van der Waals surface area contributed by atoms with E-state index in [1.807, 2.05) is 31.2 Å². The number of hydrogen-bond acceptors (Lipinski definition) is 2.